The SMILES string of the molecule is COC(=O)[N+](CCCCCCCCNC(=O)OC(c1ccc(C(=O)C(C)(C)O)cc1)c1ccc(C(=O)C(C)(C)O)cc1)(c1ccc(C(=O)C(C)(C)O)cc1)c1ccc(C(=O)C(C)(C)O)cc1. The van der Waals surface area contributed by atoms with E-state index in [-0.39, 0.29) is 33.3 Å². The van der Waals surface area contributed by atoms with Crippen molar-refractivity contribution in [2.45, 2.75) is 122 Å². The number of hydrogen-bond acceptors (Lipinski definition) is 12. The van der Waals surface area contributed by atoms with Crippen molar-refractivity contribution in [2.75, 3.05) is 20.2 Å². The number of methoxy groups -OCH3 is 1. The number of unbranched alkanes of at least 4 members (excludes halogenated alkanes) is 5. The van der Waals surface area contributed by atoms with E-state index in [0.717, 1.165) is 25.7 Å². The maximum Gasteiger partial charge on any atom is 0.526 e. The van der Waals surface area contributed by atoms with Gasteiger partial charge in [0.25, 0.3) is 0 Å². The molecule has 0 radical (unpaired) electrons. The lowest BCUT2D eigenvalue weighted by Crippen LogP contribution is -2.50. The average Bonchev–Trinajstić information content (AvgIpc) is 3.26. The number of aliphatic hydroxyl groups is 4. The zero-order chi connectivity index (χ0) is 49.3. The molecule has 0 atom stereocenters. The van der Waals surface area contributed by atoms with Gasteiger partial charge in [0.15, 0.2) is 29.2 Å². The molecule has 0 saturated carbocycles. The molecular weight excluding hydrogens is 845 g/mol. The maximum atomic E-state index is 13.9. The molecule has 14 heteroatoms. The van der Waals surface area contributed by atoms with Crippen molar-refractivity contribution in [3.8, 4) is 0 Å². The van der Waals surface area contributed by atoms with Crippen molar-refractivity contribution < 1.29 is 58.7 Å². The number of rotatable bonds is 22. The second kappa shape index (κ2) is 21.6. The van der Waals surface area contributed by atoms with Crippen molar-refractivity contribution in [3.63, 3.8) is 0 Å². The second-order valence-electron chi connectivity index (χ2n) is 18.7. The molecule has 0 unspecified atom stereocenters. The third kappa shape index (κ3) is 13.4. The van der Waals surface area contributed by atoms with Crippen LogP contribution < -0.4 is 9.80 Å². The first-order valence-electron chi connectivity index (χ1n) is 22.1. The number of nitrogens with zero attached hydrogens (tertiary/aromatic N) is 1. The number of benzene rings is 4. The standard InChI is InChI=1S/C52H64N2O12/c1-49(2,61)43(55)36-20-16-34(17-21-36)42(35-18-22-37(23-19-35)44(56)50(3,4)62)66-47(59)53-32-14-12-10-11-13-15-33-54(48(60)65-9,40-28-24-38(25-29-40)45(57)51(5,6)63)41-30-26-39(27-31-41)46(58)52(7,8)64/h16-31,42,61-64H,10-15,32-33H2,1-9H3/p+1. The molecule has 4 aromatic rings. The van der Waals surface area contributed by atoms with Gasteiger partial charge in [0.05, 0.1) is 13.7 Å². The number of carbonyl (C=O) groups excluding carboxylic acids is 6. The van der Waals surface area contributed by atoms with Crippen LogP contribution in [0.1, 0.15) is 153 Å². The van der Waals surface area contributed by atoms with E-state index in [2.05, 4.69) is 5.32 Å². The summed E-state index contributed by atoms with van der Waals surface area (Å²) >= 11 is 0. The average molecular weight is 910 g/mol. The molecule has 4 rings (SSSR count). The fourth-order valence-corrected chi connectivity index (χ4v) is 7.48. The molecule has 5 N–H and O–H groups in total. The molecule has 2 amide bonds. The quantitative estimate of drug-likeness (QED) is 0.0284. The third-order valence-electron chi connectivity index (χ3n) is 11.2. The van der Waals surface area contributed by atoms with Crippen LogP contribution in [0.4, 0.5) is 21.0 Å². The van der Waals surface area contributed by atoms with Crippen molar-refractivity contribution in [3.05, 3.63) is 130 Å². The molecule has 0 aromatic heterocycles. The molecule has 0 bridgehead atoms. The highest BCUT2D eigenvalue weighted by Gasteiger charge is 2.44. The van der Waals surface area contributed by atoms with Crippen LogP contribution in [0.3, 0.4) is 0 Å². The highest BCUT2D eigenvalue weighted by atomic mass is 16.6. The number of ketones is 4. The molecule has 0 saturated heterocycles. The van der Waals surface area contributed by atoms with Crippen LogP contribution in [0.25, 0.3) is 0 Å². The van der Waals surface area contributed by atoms with Gasteiger partial charge in [-0.25, -0.2) is 4.79 Å². The third-order valence-corrected chi connectivity index (χ3v) is 11.2. The number of carbonyl (C=O) groups is 6. The molecular formula is C52H65N2O12+. The summed E-state index contributed by atoms with van der Waals surface area (Å²) in [4.78, 5) is 78.1. The number of Topliss-reactive ketones (excluding diaryl/α,β-unsaturated/α-hetero) is 4. The van der Waals surface area contributed by atoms with Crippen LogP contribution in [0.5, 0.6) is 0 Å². The van der Waals surface area contributed by atoms with E-state index < -0.39 is 63.8 Å². The van der Waals surface area contributed by atoms with Gasteiger partial charge in [-0.3, -0.25) is 19.2 Å². The molecule has 4 aromatic carbocycles. The Morgan fingerprint density at radius 3 is 1.11 bits per heavy atom. The first-order valence-corrected chi connectivity index (χ1v) is 22.1. The molecule has 0 aliphatic carbocycles. The van der Waals surface area contributed by atoms with Gasteiger partial charge in [0.2, 0.25) is 0 Å². The summed E-state index contributed by atoms with van der Waals surface area (Å²) in [6.07, 6.45) is 2.19. The lowest BCUT2D eigenvalue weighted by Gasteiger charge is -2.33. The Bertz CT molecular complexity index is 2190. The Balaban J connectivity index is 1.41. The van der Waals surface area contributed by atoms with Crippen molar-refractivity contribution in [2.24, 2.45) is 0 Å². The van der Waals surface area contributed by atoms with Crippen molar-refractivity contribution in [1.29, 1.82) is 0 Å². The lowest BCUT2D eigenvalue weighted by atomic mass is 9.92. The first kappa shape index (κ1) is 52.7. The fourth-order valence-electron chi connectivity index (χ4n) is 7.48. The van der Waals surface area contributed by atoms with Crippen molar-refractivity contribution >= 4 is 46.7 Å². The van der Waals surface area contributed by atoms with Gasteiger partial charge in [0.1, 0.15) is 33.8 Å². The summed E-state index contributed by atoms with van der Waals surface area (Å²) in [6, 6.07) is 25.6. The number of quaternary nitrogens is 1. The Hall–Kier alpha value is -5.90. The monoisotopic (exact) mass is 909 g/mol. The minimum atomic E-state index is -1.60. The van der Waals surface area contributed by atoms with E-state index >= 15 is 0 Å². The van der Waals surface area contributed by atoms with Crippen LogP contribution in [-0.4, -0.2) is 98.3 Å². The van der Waals surface area contributed by atoms with E-state index in [0.29, 0.717) is 41.9 Å². The van der Waals surface area contributed by atoms with E-state index in [9.17, 15) is 49.2 Å². The van der Waals surface area contributed by atoms with Gasteiger partial charge in [0, 0.05) is 53.1 Å². The molecule has 354 valence electrons. The van der Waals surface area contributed by atoms with Crippen LogP contribution in [0.15, 0.2) is 97.1 Å². The highest BCUT2D eigenvalue weighted by molar-refractivity contribution is 6.04. The van der Waals surface area contributed by atoms with Crippen LogP contribution in [0, 0.1) is 0 Å². The first-order chi connectivity index (χ1) is 30.7. The fraction of sp³-hybridized carbons (Fsp3) is 0.423. The summed E-state index contributed by atoms with van der Waals surface area (Å²) < 4.78 is 10.9. The highest BCUT2D eigenvalue weighted by Crippen LogP contribution is 2.38. The topological polar surface area (TPSA) is 214 Å². The van der Waals surface area contributed by atoms with Gasteiger partial charge in [-0.15, -0.1) is 0 Å². The summed E-state index contributed by atoms with van der Waals surface area (Å²) in [5.41, 5.74) is -3.16. The number of alkyl carbamates (subject to hydrolysis) is 1. The molecule has 14 nitrogen and oxygen atoms in total. The second-order valence-corrected chi connectivity index (χ2v) is 18.7. The lowest BCUT2D eigenvalue weighted by molar-refractivity contribution is 0.0487. The van der Waals surface area contributed by atoms with Gasteiger partial charge in [-0.2, -0.15) is 9.28 Å². The minimum absolute atomic E-state index is 0.267. The predicted octanol–water partition coefficient (Wildman–Crippen LogP) is 8.76. The van der Waals surface area contributed by atoms with Crippen LogP contribution in [-0.2, 0) is 9.47 Å². The molecule has 0 heterocycles. The largest absolute Gasteiger partial charge is 0.526 e. The van der Waals surface area contributed by atoms with E-state index in [4.69, 9.17) is 9.47 Å². The van der Waals surface area contributed by atoms with Gasteiger partial charge in [-0.05, 0) is 110 Å². The summed E-state index contributed by atoms with van der Waals surface area (Å²) in [5.74, 6) is -1.90. The van der Waals surface area contributed by atoms with Gasteiger partial charge in [-0.1, -0.05) is 67.8 Å². The van der Waals surface area contributed by atoms with E-state index in [1.165, 1.54) is 62.5 Å². The van der Waals surface area contributed by atoms with E-state index in [1.807, 2.05) is 0 Å². The van der Waals surface area contributed by atoms with Gasteiger partial charge >= 0.3 is 12.2 Å². The Morgan fingerprint density at radius 2 is 0.788 bits per heavy atom. The molecule has 0 fully saturated rings. The normalized spacial score (nSPS) is 12.4. The summed E-state index contributed by atoms with van der Waals surface area (Å²) in [7, 11) is 1.29. The Kier molecular flexibility index (Phi) is 17.3. The number of amides is 2. The summed E-state index contributed by atoms with van der Waals surface area (Å²) in [5, 5.41) is 43.9. The number of hydrogen-bond donors (Lipinski definition) is 5. The number of nitrogens with one attached hydrogen (secondary N) is 1. The smallest absolute Gasteiger partial charge is 0.436 e. The minimum Gasteiger partial charge on any atom is -0.436 e. The molecule has 0 aliphatic heterocycles. The molecule has 0 aliphatic rings. The van der Waals surface area contributed by atoms with Crippen LogP contribution in [0.2, 0.25) is 0 Å². The zero-order valence-corrected chi connectivity index (χ0v) is 39.5. The molecule has 66 heavy (non-hydrogen) atoms. The molecule has 0 spiro atoms. The predicted molar refractivity (Wildman–Crippen MR) is 251 cm³/mol. The van der Waals surface area contributed by atoms with E-state index in [1.54, 1.807) is 97.1 Å². The van der Waals surface area contributed by atoms with Crippen molar-refractivity contribution in [1.82, 2.24) is 9.80 Å². The summed E-state index contributed by atoms with van der Waals surface area (Å²) in [6.45, 7) is 11.8. The zero-order valence-electron chi connectivity index (χ0n) is 39.5. The maximum absolute atomic E-state index is 13.9. The number of ether oxygens (including phenoxy) is 2. The van der Waals surface area contributed by atoms with Crippen LogP contribution >= 0.6 is 0 Å². The Labute approximate surface area is 387 Å². The Morgan fingerprint density at radius 1 is 0.485 bits per heavy atom. The van der Waals surface area contributed by atoms with Gasteiger partial charge < -0.3 is 35.2 Å².